The fourth-order valence-electron chi connectivity index (χ4n) is 3.30. The van der Waals surface area contributed by atoms with Crippen LogP contribution in [0.25, 0.3) is 0 Å². The summed E-state index contributed by atoms with van der Waals surface area (Å²) in [5.41, 5.74) is 3.03. The van der Waals surface area contributed by atoms with Crippen LogP contribution in [-0.2, 0) is 0 Å². The third-order valence-corrected chi connectivity index (χ3v) is 4.50. The highest BCUT2D eigenvalue weighted by Gasteiger charge is 2.44. The lowest BCUT2D eigenvalue weighted by Gasteiger charge is -2.40. The first kappa shape index (κ1) is 10.3. The van der Waals surface area contributed by atoms with Crippen molar-refractivity contribution in [3.05, 3.63) is 35.4 Å². The van der Waals surface area contributed by atoms with Crippen LogP contribution in [0.15, 0.2) is 24.3 Å². The van der Waals surface area contributed by atoms with Crippen molar-refractivity contribution in [3.63, 3.8) is 0 Å². The van der Waals surface area contributed by atoms with E-state index in [-0.39, 0.29) is 0 Å². The normalized spacial score (nSPS) is 32.6. The number of nitrogens with one attached hydrogen (secondary N) is 1. The topological polar surface area (TPSA) is 12.0 Å². The predicted octanol–water partition coefficient (Wildman–Crippen LogP) is 3.13. The van der Waals surface area contributed by atoms with Crippen LogP contribution in [-0.4, -0.2) is 13.1 Å². The van der Waals surface area contributed by atoms with Crippen LogP contribution in [0.2, 0.25) is 0 Å². The van der Waals surface area contributed by atoms with Crippen molar-refractivity contribution in [3.8, 4) is 0 Å². The molecule has 1 aromatic rings. The summed E-state index contributed by atoms with van der Waals surface area (Å²) in [7, 11) is 0. The molecule has 0 bridgehead atoms. The highest BCUT2D eigenvalue weighted by atomic mass is 14.9. The summed E-state index contributed by atoms with van der Waals surface area (Å²) in [6, 6.07) is 9.34. The van der Waals surface area contributed by atoms with E-state index in [0.717, 1.165) is 17.8 Å². The molecule has 1 aromatic carbocycles. The summed E-state index contributed by atoms with van der Waals surface area (Å²) >= 11 is 0. The van der Waals surface area contributed by atoms with E-state index < -0.39 is 0 Å². The van der Waals surface area contributed by atoms with Crippen LogP contribution in [0.3, 0.4) is 0 Å². The second-order valence-corrected chi connectivity index (χ2v) is 5.75. The summed E-state index contributed by atoms with van der Waals surface area (Å²) in [4.78, 5) is 0. The summed E-state index contributed by atoms with van der Waals surface area (Å²) in [6.45, 7) is 7.01. The Morgan fingerprint density at radius 2 is 1.88 bits per heavy atom. The van der Waals surface area contributed by atoms with Gasteiger partial charge in [0.1, 0.15) is 0 Å². The first-order chi connectivity index (χ1) is 7.75. The SMILES string of the molecule is CC(C)c1ccc([C@@H]2C[C@H]3CNC[C@H]32)cc1. The van der Waals surface area contributed by atoms with Crippen LogP contribution in [0, 0.1) is 11.8 Å². The largest absolute Gasteiger partial charge is 0.316 e. The molecule has 0 amide bonds. The first-order valence-corrected chi connectivity index (χ1v) is 6.56. The molecule has 3 rings (SSSR count). The number of rotatable bonds is 2. The van der Waals surface area contributed by atoms with Gasteiger partial charge < -0.3 is 5.32 Å². The zero-order chi connectivity index (χ0) is 11.1. The van der Waals surface area contributed by atoms with Gasteiger partial charge in [-0.15, -0.1) is 0 Å². The van der Waals surface area contributed by atoms with E-state index in [1.807, 2.05) is 0 Å². The Labute approximate surface area is 98.3 Å². The summed E-state index contributed by atoms with van der Waals surface area (Å²) in [5.74, 6) is 3.37. The van der Waals surface area contributed by atoms with E-state index in [2.05, 4.69) is 43.4 Å². The van der Waals surface area contributed by atoms with Crippen molar-refractivity contribution in [2.75, 3.05) is 13.1 Å². The molecule has 0 radical (unpaired) electrons. The molecule has 3 atom stereocenters. The Morgan fingerprint density at radius 3 is 2.50 bits per heavy atom. The lowest BCUT2D eigenvalue weighted by atomic mass is 9.64. The molecule has 2 fully saturated rings. The van der Waals surface area contributed by atoms with Crippen molar-refractivity contribution in [2.24, 2.45) is 11.8 Å². The highest BCUT2D eigenvalue weighted by molar-refractivity contribution is 5.30. The molecule has 1 aliphatic carbocycles. The third-order valence-electron chi connectivity index (χ3n) is 4.50. The van der Waals surface area contributed by atoms with Crippen molar-refractivity contribution < 1.29 is 0 Å². The lowest BCUT2D eigenvalue weighted by Crippen LogP contribution is -2.33. The molecule has 2 aliphatic rings. The standard InChI is InChI=1S/C15H21N/c1-10(2)11-3-5-12(6-4-11)14-7-13-8-16-9-15(13)14/h3-6,10,13-16H,7-9H2,1-2H3/t13-,14-,15+/m0/s1. The van der Waals surface area contributed by atoms with Crippen LogP contribution >= 0.6 is 0 Å². The molecule has 1 saturated heterocycles. The molecule has 1 heterocycles. The van der Waals surface area contributed by atoms with Gasteiger partial charge in [0.2, 0.25) is 0 Å². The van der Waals surface area contributed by atoms with Crippen LogP contribution in [0.4, 0.5) is 0 Å². The maximum absolute atomic E-state index is 3.51. The summed E-state index contributed by atoms with van der Waals surface area (Å²) in [5, 5.41) is 3.51. The minimum Gasteiger partial charge on any atom is -0.316 e. The van der Waals surface area contributed by atoms with Crippen LogP contribution in [0.1, 0.15) is 43.2 Å². The van der Waals surface area contributed by atoms with Crippen LogP contribution in [0.5, 0.6) is 0 Å². The van der Waals surface area contributed by atoms with Crippen LogP contribution < -0.4 is 5.32 Å². The van der Waals surface area contributed by atoms with Crippen molar-refractivity contribution in [1.82, 2.24) is 5.32 Å². The Balaban J connectivity index is 1.75. The minimum atomic E-state index is 0.649. The molecule has 16 heavy (non-hydrogen) atoms. The molecule has 1 aliphatic heterocycles. The van der Waals surface area contributed by atoms with Crippen molar-refractivity contribution in [2.45, 2.75) is 32.1 Å². The second-order valence-electron chi connectivity index (χ2n) is 5.75. The number of fused-ring (bicyclic) bond motifs is 1. The zero-order valence-electron chi connectivity index (χ0n) is 10.2. The molecular weight excluding hydrogens is 194 g/mol. The average Bonchev–Trinajstić information content (AvgIpc) is 2.61. The Kier molecular flexibility index (Phi) is 2.51. The summed E-state index contributed by atoms with van der Waals surface area (Å²) < 4.78 is 0. The maximum Gasteiger partial charge on any atom is -0.00114 e. The van der Waals surface area contributed by atoms with Gasteiger partial charge in [0, 0.05) is 0 Å². The van der Waals surface area contributed by atoms with Gasteiger partial charge in [-0.2, -0.15) is 0 Å². The Morgan fingerprint density at radius 1 is 1.12 bits per heavy atom. The van der Waals surface area contributed by atoms with Gasteiger partial charge in [0.05, 0.1) is 0 Å². The monoisotopic (exact) mass is 215 g/mol. The molecule has 1 N–H and O–H groups in total. The fourth-order valence-corrected chi connectivity index (χ4v) is 3.30. The quantitative estimate of drug-likeness (QED) is 0.799. The molecule has 0 aromatic heterocycles. The van der Waals surface area contributed by atoms with Crippen molar-refractivity contribution >= 4 is 0 Å². The van der Waals surface area contributed by atoms with E-state index in [9.17, 15) is 0 Å². The fraction of sp³-hybridized carbons (Fsp3) is 0.600. The van der Waals surface area contributed by atoms with E-state index in [4.69, 9.17) is 0 Å². The van der Waals surface area contributed by atoms with Gasteiger partial charge in [-0.3, -0.25) is 0 Å². The molecule has 1 nitrogen and oxygen atoms in total. The van der Waals surface area contributed by atoms with Gasteiger partial charge in [-0.05, 0) is 54.3 Å². The van der Waals surface area contributed by atoms with Gasteiger partial charge >= 0.3 is 0 Å². The number of hydrogen-bond donors (Lipinski definition) is 1. The second kappa shape index (κ2) is 3.89. The van der Waals surface area contributed by atoms with E-state index in [1.54, 1.807) is 5.56 Å². The zero-order valence-corrected chi connectivity index (χ0v) is 10.2. The number of benzene rings is 1. The molecular formula is C15H21N. The van der Waals surface area contributed by atoms with Gasteiger partial charge in [0.25, 0.3) is 0 Å². The Hall–Kier alpha value is -0.820. The van der Waals surface area contributed by atoms with Gasteiger partial charge in [-0.25, -0.2) is 0 Å². The molecule has 0 spiro atoms. The average molecular weight is 215 g/mol. The summed E-state index contributed by atoms with van der Waals surface area (Å²) in [6.07, 6.45) is 1.40. The minimum absolute atomic E-state index is 0.649. The molecule has 1 saturated carbocycles. The first-order valence-electron chi connectivity index (χ1n) is 6.56. The number of hydrogen-bond acceptors (Lipinski definition) is 1. The van der Waals surface area contributed by atoms with E-state index in [0.29, 0.717) is 5.92 Å². The van der Waals surface area contributed by atoms with Crippen molar-refractivity contribution in [1.29, 1.82) is 0 Å². The van der Waals surface area contributed by atoms with Gasteiger partial charge in [0.15, 0.2) is 0 Å². The highest BCUT2D eigenvalue weighted by Crippen LogP contribution is 2.48. The lowest BCUT2D eigenvalue weighted by molar-refractivity contribution is 0.191. The Bertz CT molecular complexity index is 366. The van der Waals surface area contributed by atoms with Gasteiger partial charge in [-0.1, -0.05) is 38.1 Å². The van der Waals surface area contributed by atoms with E-state index >= 15 is 0 Å². The molecule has 0 unspecified atom stereocenters. The maximum atomic E-state index is 3.51. The smallest absolute Gasteiger partial charge is 0.00114 e. The third kappa shape index (κ3) is 1.58. The molecule has 1 heteroatoms. The predicted molar refractivity (Wildman–Crippen MR) is 67.7 cm³/mol. The van der Waals surface area contributed by atoms with E-state index in [1.165, 1.54) is 25.1 Å². The molecule has 86 valence electrons.